The number of carbonyl (C=O) groups is 2. The highest BCUT2D eigenvalue weighted by atomic mass is 16.5. The van der Waals surface area contributed by atoms with E-state index in [1.54, 1.807) is 30.5 Å². The minimum absolute atomic E-state index is 0.113. The molecule has 1 fully saturated rings. The second kappa shape index (κ2) is 16.1. The molecule has 5 rings (SSSR count). The van der Waals surface area contributed by atoms with Crippen LogP contribution in [0.25, 0.3) is 22.5 Å². The minimum atomic E-state index is -0.794. The van der Waals surface area contributed by atoms with E-state index in [1.165, 1.54) is 0 Å². The number of aromatic nitrogens is 3. The lowest BCUT2D eigenvalue weighted by molar-refractivity contribution is -0.130. The molecule has 0 bridgehead atoms. The average molecular weight is 642 g/mol. The molecule has 1 saturated carbocycles. The number of nitrogens with zero attached hydrogens (tertiary/aromatic N) is 3. The first-order valence-electron chi connectivity index (χ1n) is 16.1. The Morgan fingerprint density at radius 2 is 1.70 bits per heavy atom. The maximum atomic E-state index is 13.6. The van der Waals surface area contributed by atoms with Gasteiger partial charge in [0.05, 0.1) is 6.61 Å². The number of aromatic amines is 1. The van der Waals surface area contributed by atoms with Gasteiger partial charge in [0.15, 0.2) is 5.82 Å². The summed E-state index contributed by atoms with van der Waals surface area (Å²) in [5.41, 5.74) is 9.85. The number of H-pyrrole nitrogens is 1. The lowest BCUT2D eigenvalue weighted by atomic mass is 9.81. The molecule has 2 aromatic carbocycles. The number of carbonyl (C=O) groups excluding carboxylic acids is 2. The van der Waals surface area contributed by atoms with Crippen LogP contribution in [0.1, 0.15) is 37.7 Å². The normalized spacial score (nSPS) is 16.9. The van der Waals surface area contributed by atoms with Crippen molar-refractivity contribution in [3.63, 3.8) is 0 Å². The monoisotopic (exact) mass is 641 g/mol. The topological polar surface area (TPSA) is 168 Å². The predicted octanol–water partition coefficient (Wildman–Crippen LogP) is 3.85. The molecule has 1 atom stereocenters. The van der Waals surface area contributed by atoms with E-state index in [0.717, 1.165) is 55.3 Å². The molecule has 2 heterocycles. The lowest BCUT2D eigenvalue weighted by Crippen LogP contribution is -2.48. The molecule has 248 valence electrons. The molecule has 5 N–H and O–H groups in total. The van der Waals surface area contributed by atoms with Crippen molar-refractivity contribution in [3.8, 4) is 28.4 Å². The summed E-state index contributed by atoms with van der Waals surface area (Å²) in [5.74, 6) is 0.0954. The van der Waals surface area contributed by atoms with Gasteiger partial charge in [-0.1, -0.05) is 29.4 Å². The zero-order chi connectivity index (χ0) is 33.2. The van der Waals surface area contributed by atoms with Crippen molar-refractivity contribution < 1.29 is 18.8 Å². The third-order valence-corrected chi connectivity index (χ3v) is 8.51. The number of rotatable bonds is 14. The first-order chi connectivity index (χ1) is 22.8. The Kier molecular flexibility index (Phi) is 11.5. The van der Waals surface area contributed by atoms with Gasteiger partial charge in [-0.05, 0) is 100 Å². The van der Waals surface area contributed by atoms with Crippen LogP contribution in [-0.2, 0) is 16.0 Å². The number of hydrogen-bond acceptors (Lipinski definition) is 9. The molecule has 12 nitrogen and oxygen atoms in total. The Labute approximate surface area is 274 Å². The second-order valence-corrected chi connectivity index (χ2v) is 12.3. The Hall–Kier alpha value is -4.81. The second-order valence-electron chi connectivity index (χ2n) is 12.3. The van der Waals surface area contributed by atoms with E-state index in [9.17, 15) is 14.4 Å². The standard InChI is InChI=1S/C35H43N7O5/c1-42(2)18-3-19-46-31-17-14-28(22-37-31)25-8-4-23(5-9-25)20-30(39-33(43)27-10-6-24(21-36)7-11-27)34(44)38-29-15-12-26(13-16-29)32-40-35(45)47-41-32/h4-5,8-9,12-17,22,24,27,30H,3,6-7,10-11,18-21,36H2,1-2H3,(H,38,44)(H,39,43)(H,40,41,45)/t24?,27?,30-/m0/s1. The maximum Gasteiger partial charge on any atom is 0.439 e. The van der Waals surface area contributed by atoms with Gasteiger partial charge in [-0.15, -0.1) is 0 Å². The van der Waals surface area contributed by atoms with Crippen molar-refractivity contribution in [1.82, 2.24) is 25.3 Å². The molecule has 0 spiro atoms. The fourth-order valence-electron chi connectivity index (χ4n) is 5.72. The van der Waals surface area contributed by atoms with Crippen LogP contribution in [0, 0.1) is 11.8 Å². The van der Waals surface area contributed by atoms with Crippen LogP contribution in [-0.4, -0.2) is 71.7 Å². The van der Waals surface area contributed by atoms with Crippen LogP contribution in [0.15, 0.2) is 76.2 Å². The van der Waals surface area contributed by atoms with Crippen LogP contribution >= 0.6 is 0 Å². The van der Waals surface area contributed by atoms with E-state index in [1.807, 2.05) is 50.5 Å². The van der Waals surface area contributed by atoms with Gasteiger partial charge < -0.3 is 26.0 Å². The maximum absolute atomic E-state index is 13.6. The number of nitrogens with two attached hydrogens (primary N) is 1. The zero-order valence-corrected chi connectivity index (χ0v) is 26.9. The van der Waals surface area contributed by atoms with Crippen molar-refractivity contribution in [2.45, 2.75) is 44.6 Å². The van der Waals surface area contributed by atoms with E-state index in [-0.39, 0.29) is 17.7 Å². The quantitative estimate of drug-likeness (QED) is 0.149. The van der Waals surface area contributed by atoms with Crippen LogP contribution in [0.2, 0.25) is 0 Å². The molecule has 4 aromatic rings. The highest BCUT2D eigenvalue weighted by Crippen LogP contribution is 2.28. The molecular weight excluding hydrogens is 598 g/mol. The summed E-state index contributed by atoms with van der Waals surface area (Å²) >= 11 is 0. The number of ether oxygens (including phenoxy) is 1. The fourth-order valence-corrected chi connectivity index (χ4v) is 5.72. The van der Waals surface area contributed by atoms with Crippen LogP contribution in [0.3, 0.4) is 0 Å². The summed E-state index contributed by atoms with van der Waals surface area (Å²) in [4.78, 5) is 47.3. The van der Waals surface area contributed by atoms with Gasteiger partial charge in [0.25, 0.3) is 0 Å². The number of benzene rings is 2. The van der Waals surface area contributed by atoms with Crippen LogP contribution in [0.5, 0.6) is 5.88 Å². The number of nitrogens with one attached hydrogen (secondary N) is 3. The molecule has 2 aromatic heterocycles. The highest BCUT2D eigenvalue weighted by molar-refractivity contribution is 5.97. The first-order valence-corrected chi connectivity index (χ1v) is 16.1. The average Bonchev–Trinajstić information content (AvgIpc) is 3.53. The summed E-state index contributed by atoms with van der Waals surface area (Å²) in [6.45, 7) is 2.19. The van der Waals surface area contributed by atoms with Gasteiger partial charge in [-0.25, -0.2) is 9.78 Å². The molecule has 1 aliphatic rings. The largest absolute Gasteiger partial charge is 0.478 e. The molecule has 1 aliphatic carbocycles. The number of anilines is 1. The van der Waals surface area contributed by atoms with Crippen LogP contribution < -0.4 is 26.9 Å². The number of pyridine rings is 1. The van der Waals surface area contributed by atoms with Gasteiger partial charge in [-0.2, -0.15) is 0 Å². The fraction of sp³-hybridized carbons (Fsp3) is 0.400. The smallest absolute Gasteiger partial charge is 0.439 e. The molecule has 0 aliphatic heterocycles. The molecule has 0 unspecified atom stereocenters. The van der Waals surface area contributed by atoms with E-state index in [0.29, 0.717) is 48.4 Å². The first kappa shape index (κ1) is 33.6. The summed E-state index contributed by atoms with van der Waals surface area (Å²) < 4.78 is 10.3. The van der Waals surface area contributed by atoms with E-state index >= 15 is 0 Å². The lowest BCUT2D eigenvalue weighted by Gasteiger charge is -2.28. The summed E-state index contributed by atoms with van der Waals surface area (Å²) in [6.07, 6.45) is 6.37. The molecule has 12 heteroatoms. The third-order valence-electron chi connectivity index (χ3n) is 8.51. The minimum Gasteiger partial charge on any atom is -0.478 e. The van der Waals surface area contributed by atoms with E-state index in [2.05, 4.69) is 35.2 Å². The molecule has 0 saturated heterocycles. The Morgan fingerprint density at radius 1 is 1.00 bits per heavy atom. The predicted molar refractivity (Wildman–Crippen MR) is 180 cm³/mol. The Balaban J connectivity index is 1.25. The summed E-state index contributed by atoms with van der Waals surface area (Å²) in [5, 5.41) is 9.66. The molecule has 2 amide bonds. The zero-order valence-electron chi connectivity index (χ0n) is 26.9. The van der Waals surface area contributed by atoms with Gasteiger partial charge in [-0.3, -0.25) is 19.1 Å². The van der Waals surface area contributed by atoms with Crippen molar-refractivity contribution >= 4 is 17.5 Å². The molecular formula is C35H43N7O5. The molecule has 47 heavy (non-hydrogen) atoms. The van der Waals surface area contributed by atoms with Gasteiger partial charge in [0.1, 0.15) is 6.04 Å². The van der Waals surface area contributed by atoms with Gasteiger partial charge in [0.2, 0.25) is 17.7 Å². The van der Waals surface area contributed by atoms with Crippen LogP contribution in [0.4, 0.5) is 5.69 Å². The van der Waals surface area contributed by atoms with E-state index < -0.39 is 11.8 Å². The van der Waals surface area contributed by atoms with Crippen molar-refractivity contribution in [2.24, 2.45) is 17.6 Å². The Bertz CT molecular complexity index is 1640. The summed E-state index contributed by atoms with van der Waals surface area (Å²) in [6, 6.07) is 17.8. The van der Waals surface area contributed by atoms with Crippen molar-refractivity contribution in [3.05, 3.63) is 83.0 Å². The van der Waals surface area contributed by atoms with Crippen molar-refractivity contribution in [1.29, 1.82) is 0 Å². The van der Waals surface area contributed by atoms with Gasteiger partial charge >= 0.3 is 5.76 Å². The Morgan fingerprint density at radius 3 is 2.32 bits per heavy atom. The number of hydrogen-bond donors (Lipinski definition) is 4. The molecule has 0 radical (unpaired) electrons. The highest BCUT2D eigenvalue weighted by Gasteiger charge is 2.29. The third kappa shape index (κ3) is 9.60. The van der Waals surface area contributed by atoms with E-state index in [4.69, 9.17) is 10.5 Å². The SMILES string of the molecule is CN(C)CCCOc1ccc(-c2ccc(C[C@H](NC(=O)C3CCC(CN)CC3)C(=O)Nc3ccc(-c4noc(=O)[nH]4)cc3)cc2)cn1. The summed E-state index contributed by atoms with van der Waals surface area (Å²) in [7, 11) is 4.07. The number of amides is 2. The van der Waals surface area contributed by atoms with Gasteiger partial charge in [0, 0.05) is 48.0 Å². The van der Waals surface area contributed by atoms with Crippen molar-refractivity contribution in [2.75, 3.05) is 39.1 Å².